The molecule has 1 aromatic carbocycles. The van der Waals surface area contributed by atoms with Crippen LogP contribution < -0.4 is 10.1 Å². The Morgan fingerprint density at radius 3 is 2.74 bits per heavy atom. The minimum Gasteiger partial charge on any atom is -0.492 e. The zero-order valence-electron chi connectivity index (χ0n) is 11.7. The summed E-state index contributed by atoms with van der Waals surface area (Å²) in [5, 5.41) is 4.26. The standard InChI is InChI=1S/C16H24ClNO/c1-3-5-6-7-15(18-12-4-2)13-19-16-10-8-14(17)9-11-16/h3,8-11,15,18H,1,4-7,12-13H2,2H3. The van der Waals surface area contributed by atoms with E-state index in [9.17, 15) is 0 Å². The summed E-state index contributed by atoms with van der Waals surface area (Å²) < 4.78 is 5.80. The maximum Gasteiger partial charge on any atom is 0.119 e. The number of hydrogen-bond acceptors (Lipinski definition) is 2. The maximum atomic E-state index is 5.85. The highest BCUT2D eigenvalue weighted by Crippen LogP contribution is 2.16. The predicted octanol–water partition coefficient (Wildman–Crippen LogP) is 4.44. The molecule has 0 aromatic heterocycles. The Kier molecular flexibility index (Phi) is 8.35. The summed E-state index contributed by atoms with van der Waals surface area (Å²) >= 11 is 5.85. The van der Waals surface area contributed by atoms with Gasteiger partial charge in [-0.1, -0.05) is 24.6 Å². The van der Waals surface area contributed by atoms with Crippen LogP contribution in [0.4, 0.5) is 0 Å². The molecule has 0 fully saturated rings. The third-order valence-electron chi connectivity index (χ3n) is 2.91. The van der Waals surface area contributed by atoms with E-state index < -0.39 is 0 Å². The first-order valence-corrected chi connectivity index (χ1v) is 7.36. The first kappa shape index (κ1) is 16.1. The maximum absolute atomic E-state index is 5.85. The smallest absolute Gasteiger partial charge is 0.119 e. The quantitative estimate of drug-likeness (QED) is 0.505. The van der Waals surface area contributed by atoms with Crippen molar-refractivity contribution in [3.8, 4) is 5.75 Å². The molecular formula is C16H24ClNO. The molecular weight excluding hydrogens is 258 g/mol. The molecule has 2 nitrogen and oxygen atoms in total. The van der Waals surface area contributed by atoms with E-state index in [-0.39, 0.29) is 0 Å². The lowest BCUT2D eigenvalue weighted by molar-refractivity contribution is 0.255. The Morgan fingerprint density at radius 1 is 1.37 bits per heavy atom. The van der Waals surface area contributed by atoms with Crippen molar-refractivity contribution >= 4 is 11.6 Å². The van der Waals surface area contributed by atoms with Crippen LogP contribution >= 0.6 is 11.6 Å². The van der Waals surface area contributed by atoms with Crippen LogP contribution in [0.15, 0.2) is 36.9 Å². The van der Waals surface area contributed by atoms with Crippen molar-refractivity contribution in [3.05, 3.63) is 41.9 Å². The van der Waals surface area contributed by atoms with E-state index >= 15 is 0 Å². The highest BCUT2D eigenvalue weighted by atomic mass is 35.5. The Bertz CT molecular complexity index is 350. The second-order valence-electron chi connectivity index (χ2n) is 4.64. The number of allylic oxidation sites excluding steroid dienone is 1. The summed E-state index contributed by atoms with van der Waals surface area (Å²) in [7, 11) is 0. The summed E-state index contributed by atoms with van der Waals surface area (Å²) in [5.41, 5.74) is 0. The minimum atomic E-state index is 0.399. The first-order chi connectivity index (χ1) is 9.26. The molecule has 0 saturated carbocycles. The van der Waals surface area contributed by atoms with Crippen molar-refractivity contribution < 1.29 is 4.74 Å². The lowest BCUT2D eigenvalue weighted by Crippen LogP contribution is -2.35. The summed E-state index contributed by atoms with van der Waals surface area (Å²) in [5.74, 6) is 0.872. The minimum absolute atomic E-state index is 0.399. The SMILES string of the molecule is C=CCCCC(COc1ccc(Cl)cc1)NCCC. The van der Waals surface area contributed by atoms with Gasteiger partial charge >= 0.3 is 0 Å². The van der Waals surface area contributed by atoms with E-state index in [4.69, 9.17) is 16.3 Å². The van der Waals surface area contributed by atoms with Crippen LogP contribution in [-0.2, 0) is 0 Å². The summed E-state index contributed by atoms with van der Waals surface area (Å²) in [6.45, 7) is 7.66. The Morgan fingerprint density at radius 2 is 2.11 bits per heavy atom. The Labute approximate surface area is 121 Å². The van der Waals surface area contributed by atoms with Crippen molar-refractivity contribution in [2.24, 2.45) is 0 Å². The van der Waals surface area contributed by atoms with E-state index in [0.717, 1.165) is 43.0 Å². The third-order valence-corrected chi connectivity index (χ3v) is 3.16. The molecule has 0 saturated heterocycles. The molecule has 0 aliphatic heterocycles. The number of hydrogen-bond donors (Lipinski definition) is 1. The monoisotopic (exact) mass is 281 g/mol. The van der Waals surface area contributed by atoms with Crippen molar-refractivity contribution in [2.75, 3.05) is 13.2 Å². The largest absolute Gasteiger partial charge is 0.492 e. The predicted molar refractivity (Wildman–Crippen MR) is 83.1 cm³/mol. The molecule has 0 heterocycles. The van der Waals surface area contributed by atoms with Gasteiger partial charge in [-0.25, -0.2) is 0 Å². The van der Waals surface area contributed by atoms with Gasteiger partial charge in [0.25, 0.3) is 0 Å². The molecule has 106 valence electrons. The Balaban J connectivity index is 2.37. The summed E-state index contributed by atoms with van der Waals surface area (Å²) in [6, 6.07) is 7.91. The molecule has 0 bridgehead atoms. The molecule has 3 heteroatoms. The summed E-state index contributed by atoms with van der Waals surface area (Å²) in [4.78, 5) is 0. The lowest BCUT2D eigenvalue weighted by atomic mass is 10.1. The number of halogens is 1. The Hall–Kier alpha value is -0.990. The van der Waals surface area contributed by atoms with E-state index in [1.807, 2.05) is 30.3 Å². The summed E-state index contributed by atoms with van der Waals surface area (Å²) in [6.07, 6.45) is 6.43. The van der Waals surface area contributed by atoms with Gasteiger partial charge in [-0.15, -0.1) is 6.58 Å². The van der Waals surface area contributed by atoms with Gasteiger partial charge < -0.3 is 10.1 Å². The fraction of sp³-hybridized carbons (Fsp3) is 0.500. The molecule has 0 aliphatic carbocycles. The van der Waals surface area contributed by atoms with Gasteiger partial charge in [-0.2, -0.15) is 0 Å². The first-order valence-electron chi connectivity index (χ1n) is 6.99. The highest BCUT2D eigenvalue weighted by Gasteiger charge is 2.08. The molecule has 0 spiro atoms. The van der Waals surface area contributed by atoms with Crippen molar-refractivity contribution in [1.29, 1.82) is 0 Å². The normalized spacial score (nSPS) is 12.1. The zero-order chi connectivity index (χ0) is 13.9. The molecule has 0 aliphatic rings. The number of rotatable bonds is 10. The van der Waals surface area contributed by atoms with Crippen LogP contribution in [0.3, 0.4) is 0 Å². The van der Waals surface area contributed by atoms with Crippen molar-refractivity contribution in [1.82, 2.24) is 5.32 Å². The van der Waals surface area contributed by atoms with E-state index in [1.165, 1.54) is 0 Å². The second kappa shape index (κ2) is 9.88. The lowest BCUT2D eigenvalue weighted by Gasteiger charge is -2.19. The van der Waals surface area contributed by atoms with Crippen LogP contribution in [0, 0.1) is 0 Å². The average Bonchev–Trinajstić information content (AvgIpc) is 2.43. The van der Waals surface area contributed by atoms with Gasteiger partial charge in [0.2, 0.25) is 0 Å². The highest BCUT2D eigenvalue weighted by molar-refractivity contribution is 6.30. The molecule has 1 N–H and O–H groups in total. The topological polar surface area (TPSA) is 21.3 Å². The van der Waals surface area contributed by atoms with E-state index in [0.29, 0.717) is 12.6 Å². The van der Waals surface area contributed by atoms with Gasteiger partial charge in [0.1, 0.15) is 12.4 Å². The van der Waals surface area contributed by atoms with E-state index in [1.54, 1.807) is 0 Å². The second-order valence-corrected chi connectivity index (χ2v) is 5.07. The van der Waals surface area contributed by atoms with Gasteiger partial charge in [0, 0.05) is 11.1 Å². The van der Waals surface area contributed by atoms with Crippen LogP contribution in [0.25, 0.3) is 0 Å². The molecule has 19 heavy (non-hydrogen) atoms. The molecule has 1 aromatic rings. The number of benzene rings is 1. The van der Waals surface area contributed by atoms with Gasteiger partial charge in [0.15, 0.2) is 0 Å². The van der Waals surface area contributed by atoms with Gasteiger partial charge in [0.05, 0.1) is 0 Å². The zero-order valence-corrected chi connectivity index (χ0v) is 12.5. The molecule has 1 atom stereocenters. The average molecular weight is 282 g/mol. The molecule has 0 radical (unpaired) electrons. The van der Waals surface area contributed by atoms with Crippen molar-refractivity contribution in [3.63, 3.8) is 0 Å². The molecule has 0 amide bonds. The van der Waals surface area contributed by atoms with Gasteiger partial charge in [-0.05, 0) is 56.5 Å². The third kappa shape index (κ3) is 7.24. The van der Waals surface area contributed by atoms with Crippen LogP contribution in [0.5, 0.6) is 5.75 Å². The van der Waals surface area contributed by atoms with Crippen LogP contribution in [0.2, 0.25) is 5.02 Å². The van der Waals surface area contributed by atoms with Crippen LogP contribution in [0.1, 0.15) is 32.6 Å². The van der Waals surface area contributed by atoms with Gasteiger partial charge in [-0.3, -0.25) is 0 Å². The van der Waals surface area contributed by atoms with Crippen molar-refractivity contribution in [2.45, 2.75) is 38.6 Å². The molecule has 1 unspecified atom stereocenters. The van der Waals surface area contributed by atoms with E-state index in [2.05, 4.69) is 18.8 Å². The number of ether oxygens (including phenoxy) is 1. The number of nitrogens with one attached hydrogen (secondary N) is 1. The fourth-order valence-electron chi connectivity index (χ4n) is 1.83. The fourth-order valence-corrected chi connectivity index (χ4v) is 1.95. The molecule has 1 rings (SSSR count). The van der Waals surface area contributed by atoms with Crippen LogP contribution in [-0.4, -0.2) is 19.2 Å². The number of unbranched alkanes of at least 4 members (excludes halogenated alkanes) is 1.